The van der Waals surface area contributed by atoms with Gasteiger partial charge < -0.3 is 34.7 Å². The van der Waals surface area contributed by atoms with Crippen LogP contribution in [0.2, 0.25) is 0 Å². The third-order valence-corrected chi connectivity index (χ3v) is 6.00. The molecule has 220 valence electrons. The molecule has 3 rings (SSSR count). The fourth-order valence-corrected chi connectivity index (χ4v) is 4.04. The normalized spacial score (nSPS) is 15.2. The van der Waals surface area contributed by atoms with Gasteiger partial charge in [0, 0.05) is 0 Å². The van der Waals surface area contributed by atoms with Crippen molar-refractivity contribution in [3.05, 3.63) is 59.2 Å². The van der Waals surface area contributed by atoms with Crippen LogP contribution in [0.3, 0.4) is 0 Å². The van der Waals surface area contributed by atoms with Crippen molar-refractivity contribution < 1.29 is 38.4 Å². The fourth-order valence-electron chi connectivity index (χ4n) is 4.04. The van der Waals surface area contributed by atoms with E-state index in [0.29, 0.717) is 33.9 Å². The number of fused-ring (bicyclic) bond motifs is 1. The van der Waals surface area contributed by atoms with Gasteiger partial charge in [-0.2, -0.15) is 0 Å². The Morgan fingerprint density at radius 3 is 2.32 bits per heavy atom. The number of carbonyl (C=O) groups excluding carboxylic acids is 3. The zero-order valence-electron chi connectivity index (χ0n) is 24.7. The molecule has 0 spiro atoms. The van der Waals surface area contributed by atoms with Crippen molar-refractivity contribution in [2.24, 2.45) is 0 Å². The van der Waals surface area contributed by atoms with Gasteiger partial charge in [0.25, 0.3) is 0 Å². The molecule has 2 aromatic rings. The number of allylic oxidation sites excluding steroid dienone is 1. The van der Waals surface area contributed by atoms with E-state index in [4.69, 9.17) is 18.9 Å². The van der Waals surface area contributed by atoms with Crippen molar-refractivity contribution in [1.82, 2.24) is 5.32 Å². The van der Waals surface area contributed by atoms with Crippen molar-refractivity contribution in [1.29, 1.82) is 0 Å². The summed E-state index contributed by atoms with van der Waals surface area (Å²) < 4.78 is 22.1. The first-order valence-electron chi connectivity index (χ1n) is 13.1. The van der Waals surface area contributed by atoms with E-state index in [2.05, 4.69) is 10.6 Å². The molecule has 2 atom stereocenters. The second kappa shape index (κ2) is 12.5. The molecule has 10 heteroatoms. The molecule has 10 nitrogen and oxygen atoms in total. The minimum Gasteiger partial charge on any atom is -0.496 e. The van der Waals surface area contributed by atoms with Crippen molar-refractivity contribution in [2.75, 3.05) is 19.5 Å². The predicted octanol–water partition coefficient (Wildman–Crippen LogP) is 5.00. The summed E-state index contributed by atoms with van der Waals surface area (Å²) in [5, 5.41) is 15.2. The number of hydrogen-bond donors (Lipinski definition) is 3. The summed E-state index contributed by atoms with van der Waals surface area (Å²) in [4.78, 5) is 38.5. The number of alkyl carbamates (subject to hydrolysis) is 1. The molecule has 1 heterocycles. The Kier molecular flexibility index (Phi) is 9.49. The van der Waals surface area contributed by atoms with Gasteiger partial charge in [-0.15, -0.1) is 0 Å². The minimum atomic E-state index is -1.30. The molecule has 0 radical (unpaired) electrons. The summed E-state index contributed by atoms with van der Waals surface area (Å²) in [6.07, 6.45) is 4.74. The summed E-state index contributed by atoms with van der Waals surface area (Å²) in [7, 11) is 3.00. The highest BCUT2D eigenvalue weighted by Gasteiger charge is 2.29. The average Bonchev–Trinajstić information content (AvgIpc) is 2.88. The third kappa shape index (κ3) is 8.11. The number of hydrogen-bond acceptors (Lipinski definition) is 8. The van der Waals surface area contributed by atoms with Crippen LogP contribution in [-0.4, -0.2) is 60.5 Å². The van der Waals surface area contributed by atoms with E-state index in [9.17, 15) is 19.5 Å². The highest BCUT2D eigenvalue weighted by atomic mass is 16.6. The molecule has 1 aliphatic heterocycles. The number of ketones is 1. The lowest BCUT2D eigenvalue weighted by Crippen LogP contribution is -2.51. The number of ether oxygens (including phenoxy) is 4. The maximum absolute atomic E-state index is 13.2. The van der Waals surface area contributed by atoms with E-state index < -0.39 is 35.3 Å². The number of methoxy groups -OCH3 is 2. The van der Waals surface area contributed by atoms with Crippen LogP contribution in [0.5, 0.6) is 17.2 Å². The number of carbonyl (C=O) groups is 3. The van der Waals surface area contributed by atoms with Gasteiger partial charge >= 0.3 is 6.09 Å². The first-order chi connectivity index (χ1) is 19.1. The largest absolute Gasteiger partial charge is 0.496 e. The Bertz CT molecular complexity index is 1370. The molecule has 2 amide bonds. The zero-order chi connectivity index (χ0) is 30.5. The van der Waals surface area contributed by atoms with E-state index in [0.717, 1.165) is 0 Å². The molecule has 0 fully saturated rings. The smallest absolute Gasteiger partial charge is 0.408 e. The molecule has 2 unspecified atom stereocenters. The summed E-state index contributed by atoms with van der Waals surface area (Å²) >= 11 is 0. The van der Waals surface area contributed by atoms with Crippen LogP contribution in [0.15, 0.2) is 42.5 Å². The number of rotatable bonds is 9. The van der Waals surface area contributed by atoms with Gasteiger partial charge in [0.05, 0.1) is 37.1 Å². The summed E-state index contributed by atoms with van der Waals surface area (Å²) in [6, 6.07) is 7.04. The molecule has 3 N–H and O–H groups in total. The number of amides is 2. The lowest BCUT2D eigenvalue weighted by atomic mass is 9.97. The number of benzene rings is 2. The van der Waals surface area contributed by atoms with Crippen LogP contribution >= 0.6 is 0 Å². The predicted molar refractivity (Wildman–Crippen MR) is 157 cm³/mol. The van der Waals surface area contributed by atoms with Crippen molar-refractivity contribution in [3.8, 4) is 17.2 Å². The second-order valence-electron chi connectivity index (χ2n) is 11.1. The highest BCUT2D eigenvalue weighted by molar-refractivity contribution is 6.09. The summed E-state index contributed by atoms with van der Waals surface area (Å²) in [6.45, 7) is 10.2. The average molecular weight is 567 g/mol. The SMILES string of the molecule is COc1ccc(/C=C/C(=O)c2ccc(OC)c3c2OC(C)(C)C=C3)cc1NC(=O)C(NC(=O)OC(C)(C)C)C(C)O. The van der Waals surface area contributed by atoms with E-state index in [1.807, 2.05) is 26.0 Å². The summed E-state index contributed by atoms with van der Waals surface area (Å²) in [5.41, 5.74) is 0.559. The van der Waals surface area contributed by atoms with Crippen LogP contribution in [0.4, 0.5) is 10.5 Å². The van der Waals surface area contributed by atoms with Crippen LogP contribution in [0.1, 0.15) is 63.0 Å². The molecule has 0 saturated heterocycles. The van der Waals surface area contributed by atoms with Crippen LogP contribution < -0.4 is 24.8 Å². The van der Waals surface area contributed by atoms with Crippen molar-refractivity contribution in [3.63, 3.8) is 0 Å². The van der Waals surface area contributed by atoms with Gasteiger partial charge in [0.2, 0.25) is 5.91 Å². The van der Waals surface area contributed by atoms with E-state index in [1.54, 1.807) is 64.3 Å². The Morgan fingerprint density at radius 1 is 1.05 bits per heavy atom. The van der Waals surface area contributed by atoms with Gasteiger partial charge in [-0.05, 0) is 89.6 Å². The Hall–Kier alpha value is -4.31. The van der Waals surface area contributed by atoms with Gasteiger partial charge in [-0.3, -0.25) is 9.59 Å². The molecule has 41 heavy (non-hydrogen) atoms. The zero-order valence-corrected chi connectivity index (χ0v) is 24.7. The van der Waals surface area contributed by atoms with Gasteiger partial charge in [0.1, 0.15) is 34.5 Å². The van der Waals surface area contributed by atoms with E-state index in [-0.39, 0.29) is 11.5 Å². The first kappa shape index (κ1) is 31.2. The Morgan fingerprint density at radius 2 is 1.71 bits per heavy atom. The topological polar surface area (TPSA) is 132 Å². The molecule has 0 bridgehead atoms. The summed E-state index contributed by atoms with van der Waals surface area (Å²) in [5.74, 6) is 0.413. The van der Waals surface area contributed by atoms with E-state index in [1.165, 1.54) is 20.1 Å². The number of nitrogens with one attached hydrogen (secondary N) is 2. The van der Waals surface area contributed by atoms with Gasteiger partial charge in [0.15, 0.2) is 5.78 Å². The van der Waals surface area contributed by atoms with Gasteiger partial charge in [-0.25, -0.2) is 4.79 Å². The maximum Gasteiger partial charge on any atom is 0.408 e. The molecule has 1 aliphatic rings. The van der Waals surface area contributed by atoms with Crippen molar-refractivity contribution in [2.45, 2.75) is 64.9 Å². The van der Waals surface area contributed by atoms with Crippen LogP contribution in [-0.2, 0) is 9.53 Å². The maximum atomic E-state index is 13.2. The quantitative estimate of drug-likeness (QED) is 0.286. The lowest BCUT2D eigenvalue weighted by molar-refractivity contribution is -0.120. The standard InChI is InChI=1S/C31H38N2O8/c1-18(34)26(33-29(37)41-30(2,3)4)28(36)32-22-17-19(10-13-25(22)39-8)9-12-23(35)20-11-14-24(38-7)21-15-16-31(5,6)40-27(20)21/h9-18,26,34H,1-8H3,(H,32,36)(H,33,37)/b12-9+. The Labute approximate surface area is 240 Å². The van der Waals surface area contributed by atoms with Crippen LogP contribution in [0, 0.1) is 0 Å². The molecular weight excluding hydrogens is 528 g/mol. The van der Waals surface area contributed by atoms with E-state index >= 15 is 0 Å². The van der Waals surface area contributed by atoms with Gasteiger partial charge in [-0.1, -0.05) is 12.1 Å². The lowest BCUT2D eigenvalue weighted by Gasteiger charge is -2.29. The number of aliphatic hydroxyl groups excluding tert-OH is 1. The monoisotopic (exact) mass is 566 g/mol. The fraction of sp³-hybridized carbons (Fsp3) is 0.387. The van der Waals surface area contributed by atoms with Crippen LogP contribution in [0.25, 0.3) is 12.2 Å². The molecule has 0 saturated carbocycles. The molecular formula is C31H38N2O8. The minimum absolute atomic E-state index is 0.279. The third-order valence-electron chi connectivity index (χ3n) is 6.00. The Balaban J connectivity index is 1.84. The molecule has 2 aromatic carbocycles. The first-order valence-corrected chi connectivity index (χ1v) is 13.1. The number of anilines is 1. The second-order valence-corrected chi connectivity index (χ2v) is 11.1. The number of aliphatic hydroxyl groups is 1. The van der Waals surface area contributed by atoms with Crippen molar-refractivity contribution >= 4 is 35.6 Å². The molecule has 0 aliphatic carbocycles. The highest BCUT2D eigenvalue weighted by Crippen LogP contribution is 2.40. The molecule has 0 aromatic heterocycles.